The zero-order valence-corrected chi connectivity index (χ0v) is 16.5. The first-order chi connectivity index (χ1) is 13.0. The molecule has 0 bridgehead atoms. The number of amides is 1. The Balaban J connectivity index is 1.39. The Morgan fingerprint density at radius 1 is 1.22 bits per heavy atom. The van der Waals surface area contributed by atoms with Crippen LogP contribution in [0.3, 0.4) is 0 Å². The Bertz CT molecular complexity index is 972. The van der Waals surface area contributed by atoms with Crippen LogP contribution in [0.25, 0.3) is 0 Å². The van der Waals surface area contributed by atoms with Gasteiger partial charge in [-0.05, 0) is 63.7 Å². The minimum atomic E-state index is -0.270. The van der Waals surface area contributed by atoms with Gasteiger partial charge in [0, 0.05) is 17.1 Å². The van der Waals surface area contributed by atoms with Crippen molar-refractivity contribution in [2.75, 3.05) is 5.32 Å². The highest BCUT2D eigenvalue weighted by Gasteiger charge is 2.44. The molecule has 0 saturated heterocycles. The number of rotatable bonds is 5. The number of benzene rings is 2. The number of carbonyl (C=O) groups excluding carboxylic acids is 1. The van der Waals surface area contributed by atoms with Gasteiger partial charge in [-0.25, -0.2) is 4.39 Å². The van der Waals surface area contributed by atoms with Crippen LogP contribution in [-0.4, -0.2) is 15.7 Å². The zero-order valence-electron chi connectivity index (χ0n) is 14.2. The lowest BCUT2D eigenvalue weighted by atomic mass is 10.1. The second-order valence-electron chi connectivity index (χ2n) is 6.64. The van der Waals surface area contributed by atoms with Gasteiger partial charge in [0.25, 0.3) is 0 Å². The van der Waals surface area contributed by atoms with Gasteiger partial charge in [-0.3, -0.25) is 9.48 Å². The third-order valence-electron chi connectivity index (χ3n) is 4.64. The van der Waals surface area contributed by atoms with Crippen molar-refractivity contribution in [3.8, 4) is 0 Å². The molecular formula is C20H16BrClFN3O. The van der Waals surface area contributed by atoms with E-state index in [-0.39, 0.29) is 23.6 Å². The first kappa shape index (κ1) is 18.2. The molecule has 138 valence electrons. The fraction of sp³-hybridized carbons (Fsp3) is 0.200. The van der Waals surface area contributed by atoms with Crippen molar-refractivity contribution in [2.24, 2.45) is 5.92 Å². The van der Waals surface area contributed by atoms with Crippen LogP contribution in [0, 0.1) is 11.7 Å². The molecule has 1 aromatic heterocycles. The number of anilines is 1. The van der Waals surface area contributed by atoms with Crippen LogP contribution in [0.5, 0.6) is 0 Å². The number of carbonyl (C=O) groups is 1. The van der Waals surface area contributed by atoms with Crippen molar-refractivity contribution in [3.05, 3.63) is 81.2 Å². The predicted molar refractivity (Wildman–Crippen MR) is 106 cm³/mol. The maximum absolute atomic E-state index is 13.0. The van der Waals surface area contributed by atoms with Gasteiger partial charge in [0.1, 0.15) is 5.82 Å². The molecule has 1 N–H and O–H groups in total. The first-order valence-corrected chi connectivity index (χ1v) is 9.70. The summed E-state index contributed by atoms with van der Waals surface area (Å²) in [6.45, 7) is 0.492. The van der Waals surface area contributed by atoms with Crippen molar-refractivity contribution in [3.63, 3.8) is 0 Å². The summed E-state index contributed by atoms with van der Waals surface area (Å²) in [6, 6.07) is 13.9. The van der Waals surface area contributed by atoms with Gasteiger partial charge in [0.15, 0.2) is 5.82 Å². The highest BCUT2D eigenvalue weighted by Crippen LogP contribution is 2.48. The van der Waals surface area contributed by atoms with Crippen LogP contribution in [0.4, 0.5) is 10.2 Å². The summed E-state index contributed by atoms with van der Waals surface area (Å²) in [7, 11) is 0. The molecule has 2 aromatic carbocycles. The standard InChI is InChI=1S/C20H16BrClFN3O/c21-18-11-26(10-12-1-7-15(23)8-2-12)25-19(18)24-20(27)17-9-16(17)13-3-5-14(22)6-4-13/h1-8,11,16-17H,9-10H2,(H,24,25,27). The van der Waals surface area contributed by atoms with Crippen LogP contribution < -0.4 is 5.32 Å². The minimum absolute atomic E-state index is 0.0392. The monoisotopic (exact) mass is 447 g/mol. The van der Waals surface area contributed by atoms with E-state index in [0.717, 1.165) is 17.5 Å². The van der Waals surface area contributed by atoms with Crippen LogP contribution in [-0.2, 0) is 11.3 Å². The van der Waals surface area contributed by atoms with Crippen molar-refractivity contribution < 1.29 is 9.18 Å². The molecule has 1 saturated carbocycles. The van der Waals surface area contributed by atoms with E-state index in [1.54, 1.807) is 23.0 Å². The van der Waals surface area contributed by atoms with Gasteiger partial charge >= 0.3 is 0 Å². The molecule has 1 aliphatic carbocycles. The maximum Gasteiger partial charge on any atom is 0.229 e. The van der Waals surface area contributed by atoms with E-state index in [2.05, 4.69) is 26.3 Å². The van der Waals surface area contributed by atoms with Crippen LogP contribution in [0.2, 0.25) is 5.02 Å². The van der Waals surface area contributed by atoms with Crippen LogP contribution in [0.15, 0.2) is 59.2 Å². The summed E-state index contributed by atoms with van der Waals surface area (Å²) in [5.41, 5.74) is 2.05. The van der Waals surface area contributed by atoms with E-state index in [1.165, 1.54) is 12.1 Å². The third-order valence-corrected chi connectivity index (χ3v) is 5.47. The van der Waals surface area contributed by atoms with E-state index < -0.39 is 0 Å². The Kier molecular flexibility index (Phi) is 5.02. The summed E-state index contributed by atoms with van der Waals surface area (Å²) >= 11 is 9.35. The maximum atomic E-state index is 13.0. The molecule has 7 heteroatoms. The molecule has 4 nitrogen and oxygen atoms in total. The highest BCUT2D eigenvalue weighted by molar-refractivity contribution is 9.10. The molecular weight excluding hydrogens is 433 g/mol. The highest BCUT2D eigenvalue weighted by atomic mass is 79.9. The van der Waals surface area contributed by atoms with Gasteiger partial charge in [-0.15, -0.1) is 0 Å². The molecule has 1 heterocycles. The smallest absolute Gasteiger partial charge is 0.229 e. The lowest BCUT2D eigenvalue weighted by Crippen LogP contribution is -2.15. The van der Waals surface area contributed by atoms with Crippen molar-refractivity contribution in [1.82, 2.24) is 9.78 Å². The Morgan fingerprint density at radius 2 is 1.93 bits per heavy atom. The van der Waals surface area contributed by atoms with Gasteiger partial charge < -0.3 is 5.32 Å². The molecule has 1 amide bonds. The van der Waals surface area contributed by atoms with E-state index in [1.807, 2.05) is 24.3 Å². The molecule has 4 rings (SSSR count). The van der Waals surface area contributed by atoms with E-state index in [9.17, 15) is 9.18 Å². The summed E-state index contributed by atoms with van der Waals surface area (Å²) in [6.07, 6.45) is 2.61. The molecule has 1 fully saturated rings. The Morgan fingerprint density at radius 3 is 2.63 bits per heavy atom. The third kappa shape index (κ3) is 4.22. The lowest BCUT2D eigenvalue weighted by Gasteiger charge is -2.04. The Labute approximate surface area is 169 Å². The van der Waals surface area contributed by atoms with Crippen LogP contribution in [0.1, 0.15) is 23.5 Å². The number of nitrogens with one attached hydrogen (secondary N) is 1. The molecule has 2 unspecified atom stereocenters. The molecule has 0 aliphatic heterocycles. The average Bonchev–Trinajstić information content (AvgIpc) is 3.37. The number of halogens is 3. The summed E-state index contributed by atoms with van der Waals surface area (Å²) in [5, 5.41) is 8.00. The largest absolute Gasteiger partial charge is 0.308 e. The van der Waals surface area contributed by atoms with Gasteiger partial charge in [-0.2, -0.15) is 5.10 Å². The molecule has 2 atom stereocenters. The van der Waals surface area contributed by atoms with Gasteiger partial charge in [0.05, 0.1) is 11.0 Å². The second kappa shape index (κ2) is 7.44. The lowest BCUT2D eigenvalue weighted by molar-refractivity contribution is -0.117. The first-order valence-electron chi connectivity index (χ1n) is 8.53. The Hall–Kier alpha value is -2.18. The van der Waals surface area contributed by atoms with Gasteiger partial charge in [-0.1, -0.05) is 35.9 Å². The summed E-state index contributed by atoms with van der Waals surface area (Å²) in [5.74, 6) is 0.349. The molecule has 0 spiro atoms. The molecule has 3 aromatic rings. The zero-order chi connectivity index (χ0) is 19.0. The predicted octanol–water partition coefficient (Wildman–Crippen LogP) is 5.23. The van der Waals surface area contributed by atoms with E-state index in [0.29, 0.717) is 21.9 Å². The summed E-state index contributed by atoms with van der Waals surface area (Å²) < 4.78 is 15.4. The van der Waals surface area contributed by atoms with Gasteiger partial charge in [0.2, 0.25) is 5.91 Å². The quantitative estimate of drug-likeness (QED) is 0.581. The SMILES string of the molecule is O=C(Nc1nn(Cc2ccc(F)cc2)cc1Br)C1CC1c1ccc(Cl)cc1. The number of hydrogen-bond acceptors (Lipinski definition) is 2. The molecule has 0 radical (unpaired) electrons. The molecule has 27 heavy (non-hydrogen) atoms. The fourth-order valence-electron chi connectivity index (χ4n) is 3.11. The van der Waals surface area contributed by atoms with E-state index in [4.69, 9.17) is 11.6 Å². The second-order valence-corrected chi connectivity index (χ2v) is 7.93. The average molecular weight is 449 g/mol. The van der Waals surface area contributed by atoms with Crippen LogP contribution >= 0.6 is 27.5 Å². The summed E-state index contributed by atoms with van der Waals surface area (Å²) in [4.78, 5) is 12.5. The van der Waals surface area contributed by atoms with E-state index >= 15 is 0 Å². The molecule has 1 aliphatic rings. The van der Waals surface area contributed by atoms with Crippen molar-refractivity contribution in [1.29, 1.82) is 0 Å². The van der Waals surface area contributed by atoms with Crippen molar-refractivity contribution >= 4 is 39.3 Å². The normalized spacial score (nSPS) is 18.3. The number of aromatic nitrogens is 2. The number of nitrogens with zero attached hydrogens (tertiary/aromatic N) is 2. The topological polar surface area (TPSA) is 46.9 Å². The minimum Gasteiger partial charge on any atom is -0.308 e. The number of hydrogen-bond donors (Lipinski definition) is 1. The van der Waals surface area contributed by atoms with Crippen molar-refractivity contribution in [2.45, 2.75) is 18.9 Å². The fourth-order valence-corrected chi connectivity index (χ4v) is 3.65.